The second-order valence-corrected chi connectivity index (χ2v) is 8.64. The number of aliphatic hydroxyl groups is 1. The number of aliphatic hydroxyl groups excluding tert-OH is 1. The lowest BCUT2D eigenvalue weighted by Crippen LogP contribution is -2.56. The van der Waals surface area contributed by atoms with Crippen LogP contribution in [0.5, 0.6) is 5.75 Å². The van der Waals surface area contributed by atoms with E-state index < -0.39 is 17.5 Å². The second kappa shape index (κ2) is 7.44. The van der Waals surface area contributed by atoms with Crippen LogP contribution >= 0.6 is 0 Å². The molecule has 2 atom stereocenters. The average Bonchev–Trinajstić information content (AvgIpc) is 3.33. The van der Waals surface area contributed by atoms with Crippen molar-refractivity contribution in [2.75, 3.05) is 19.7 Å². The van der Waals surface area contributed by atoms with Gasteiger partial charge < -0.3 is 14.9 Å². The molecule has 1 saturated heterocycles. The number of fused-ring (bicyclic) bond motifs is 1. The molecule has 1 saturated carbocycles. The molecule has 148 valence electrons. The van der Waals surface area contributed by atoms with Crippen molar-refractivity contribution in [2.45, 2.75) is 64.5 Å². The van der Waals surface area contributed by atoms with Crippen molar-refractivity contribution in [1.82, 2.24) is 4.90 Å². The van der Waals surface area contributed by atoms with Gasteiger partial charge in [-0.05, 0) is 62.1 Å². The summed E-state index contributed by atoms with van der Waals surface area (Å²) in [5, 5.41) is 20.6. The van der Waals surface area contributed by atoms with Gasteiger partial charge in [0.25, 0.3) is 0 Å². The van der Waals surface area contributed by atoms with E-state index in [0.717, 1.165) is 43.5 Å². The molecule has 5 heteroatoms. The maximum absolute atomic E-state index is 12.2. The number of likely N-dealkylation sites (tertiary alicyclic amines) is 1. The summed E-state index contributed by atoms with van der Waals surface area (Å²) in [6, 6.07) is 4.45. The van der Waals surface area contributed by atoms with E-state index in [2.05, 4.69) is 17.0 Å². The van der Waals surface area contributed by atoms with Gasteiger partial charge in [0.15, 0.2) is 0 Å². The van der Waals surface area contributed by atoms with Gasteiger partial charge in [0.1, 0.15) is 11.2 Å². The highest BCUT2D eigenvalue weighted by Gasteiger charge is 2.51. The summed E-state index contributed by atoms with van der Waals surface area (Å²) in [5.41, 5.74) is 2.93. The Morgan fingerprint density at radius 1 is 1.26 bits per heavy atom. The maximum Gasteiger partial charge on any atom is 0.313 e. The minimum Gasteiger partial charge on any atom is -0.494 e. The predicted molar refractivity (Wildman–Crippen MR) is 103 cm³/mol. The first-order valence-electron chi connectivity index (χ1n) is 10.4. The van der Waals surface area contributed by atoms with Gasteiger partial charge in [0.2, 0.25) is 0 Å². The Kier molecular flexibility index (Phi) is 5.17. The Balaban J connectivity index is 1.56. The van der Waals surface area contributed by atoms with E-state index >= 15 is 0 Å². The number of carboxylic acids is 1. The first kappa shape index (κ1) is 18.8. The fraction of sp³-hybridized carbons (Fsp3) is 0.682. The van der Waals surface area contributed by atoms with Crippen LogP contribution in [0.1, 0.15) is 55.7 Å². The van der Waals surface area contributed by atoms with Crippen LogP contribution < -0.4 is 4.74 Å². The summed E-state index contributed by atoms with van der Waals surface area (Å²) in [6.07, 6.45) is 6.00. The molecule has 1 aromatic rings. The molecule has 0 aromatic heterocycles. The highest BCUT2D eigenvalue weighted by Crippen LogP contribution is 2.45. The van der Waals surface area contributed by atoms with Crippen LogP contribution in [0.2, 0.25) is 0 Å². The lowest BCUT2D eigenvalue weighted by Gasteiger charge is -2.43. The first-order valence-corrected chi connectivity index (χ1v) is 10.4. The van der Waals surface area contributed by atoms with E-state index in [9.17, 15) is 15.0 Å². The molecule has 1 aliphatic heterocycles. The molecule has 1 aromatic carbocycles. The summed E-state index contributed by atoms with van der Waals surface area (Å²) in [4.78, 5) is 14.4. The van der Waals surface area contributed by atoms with Crippen molar-refractivity contribution in [1.29, 1.82) is 0 Å². The normalized spacial score (nSPS) is 28.1. The Labute approximate surface area is 161 Å². The molecule has 0 spiro atoms. The van der Waals surface area contributed by atoms with Crippen LogP contribution in [-0.4, -0.2) is 46.9 Å². The summed E-state index contributed by atoms with van der Waals surface area (Å²) < 4.78 is 5.91. The van der Waals surface area contributed by atoms with Gasteiger partial charge in [0, 0.05) is 25.2 Å². The van der Waals surface area contributed by atoms with Crippen molar-refractivity contribution in [3.63, 3.8) is 0 Å². The highest BCUT2D eigenvalue weighted by molar-refractivity contribution is 5.76. The second-order valence-electron chi connectivity index (χ2n) is 8.64. The van der Waals surface area contributed by atoms with Crippen molar-refractivity contribution in [3.8, 4) is 5.75 Å². The van der Waals surface area contributed by atoms with Gasteiger partial charge in [0.05, 0.1) is 12.7 Å². The van der Waals surface area contributed by atoms with Gasteiger partial charge in [-0.15, -0.1) is 0 Å². The van der Waals surface area contributed by atoms with Crippen LogP contribution in [0.3, 0.4) is 0 Å². The van der Waals surface area contributed by atoms with Crippen LogP contribution in [0.4, 0.5) is 0 Å². The van der Waals surface area contributed by atoms with E-state index in [0.29, 0.717) is 38.5 Å². The van der Waals surface area contributed by atoms with Crippen LogP contribution in [0.25, 0.3) is 0 Å². The van der Waals surface area contributed by atoms with Crippen molar-refractivity contribution < 1.29 is 19.7 Å². The number of benzene rings is 1. The van der Waals surface area contributed by atoms with E-state index in [4.69, 9.17) is 4.74 Å². The smallest absolute Gasteiger partial charge is 0.313 e. The average molecular weight is 373 g/mol. The Bertz CT molecular complexity index is 715. The van der Waals surface area contributed by atoms with E-state index in [1.807, 2.05) is 6.92 Å². The number of rotatable bonds is 7. The molecule has 0 unspecified atom stereocenters. The number of aliphatic carboxylic acids is 1. The van der Waals surface area contributed by atoms with Crippen LogP contribution in [0, 0.1) is 11.3 Å². The number of carbonyl (C=O) groups is 1. The highest BCUT2D eigenvalue weighted by atomic mass is 16.5. The molecule has 2 N–H and O–H groups in total. The lowest BCUT2D eigenvalue weighted by atomic mass is 9.73. The topological polar surface area (TPSA) is 70.0 Å². The molecule has 3 aliphatic rings. The molecule has 4 rings (SSSR count). The number of hydrogen-bond acceptors (Lipinski definition) is 4. The third-order valence-corrected chi connectivity index (χ3v) is 6.61. The largest absolute Gasteiger partial charge is 0.494 e. The van der Waals surface area contributed by atoms with E-state index in [1.165, 1.54) is 17.5 Å². The molecule has 27 heavy (non-hydrogen) atoms. The fourth-order valence-electron chi connectivity index (χ4n) is 4.94. The summed E-state index contributed by atoms with van der Waals surface area (Å²) in [5.74, 6) is 0.563. The molecule has 2 aliphatic carbocycles. The summed E-state index contributed by atoms with van der Waals surface area (Å²) in [7, 11) is 0. The standard InChI is InChI=1S/C22H31NO4/c1-2-27-19-11-17-5-3-4-16(17)10-18(19)13-23-9-8-20(24)22(14-23,21(25)26)12-15-6-7-15/h10-11,15,20,24H,2-9,12-14H2,1H3,(H,25,26)/t20-,22-/m0/s1. The summed E-state index contributed by atoms with van der Waals surface area (Å²) >= 11 is 0. The molecule has 0 bridgehead atoms. The van der Waals surface area contributed by atoms with Crippen molar-refractivity contribution >= 4 is 5.97 Å². The van der Waals surface area contributed by atoms with Gasteiger partial charge in [-0.1, -0.05) is 18.9 Å². The van der Waals surface area contributed by atoms with Crippen molar-refractivity contribution in [3.05, 3.63) is 28.8 Å². The molecule has 2 fully saturated rings. The Hall–Kier alpha value is -1.59. The Morgan fingerprint density at radius 3 is 2.67 bits per heavy atom. The zero-order valence-electron chi connectivity index (χ0n) is 16.2. The van der Waals surface area contributed by atoms with Gasteiger partial charge in [-0.3, -0.25) is 9.69 Å². The minimum atomic E-state index is -1.03. The predicted octanol–water partition coefficient (Wildman–Crippen LogP) is 3.01. The quantitative estimate of drug-likeness (QED) is 0.769. The molecule has 5 nitrogen and oxygen atoms in total. The molecular formula is C22H31NO4. The van der Waals surface area contributed by atoms with E-state index in [-0.39, 0.29) is 0 Å². The van der Waals surface area contributed by atoms with Crippen LogP contribution in [-0.2, 0) is 24.2 Å². The zero-order valence-corrected chi connectivity index (χ0v) is 16.2. The molecule has 1 heterocycles. The summed E-state index contributed by atoms with van der Waals surface area (Å²) in [6.45, 7) is 4.46. The number of carboxylic acid groups (broad SMARTS) is 1. The number of nitrogens with zero attached hydrogens (tertiary/aromatic N) is 1. The number of ether oxygens (including phenoxy) is 1. The monoisotopic (exact) mass is 373 g/mol. The number of aryl methyl sites for hydroxylation is 2. The van der Waals surface area contributed by atoms with Crippen molar-refractivity contribution in [2.24, 2.45) is 11.3 Å². The number of hydrogen-bond donors (Lipinski definition) is 2. The molecule has 0 radical (unpaired) electrons. The zero-order chi connectivity index (χ0) is 19.0. The van der Waals surface area contributed by atoms with Gasteiger partial charge in [-0.2, -0.15) is 0 Å². The minimum absolute atomic E-state index is 0.419. The first-order chi connectivity index (χ1) is 13.0. The van der Waals surface area contributed by atoms with Gasteiger partial charge in [-0.25, -0.2) is 0 Å². The lowest BCUT2D eigenvalue weighted by molar-refractivity contribution is -0.165. The maximum atomic E-state index is 12.2. The Morgan fingerprint density at radius 2 is 2.00 bits per heavy atom. The van der Waals surface area contributed by atoms with E-state index in [1.54, 1.807) is 0 Å². The third kappa shape index (κ3) is 3.72. The molecule has 0 amide bonds. The molecular weight excluding hydrogens is 342 g/mol. The third-order valence-electron chi connectivity index (χ3n) is 6.61. The number of piperidine rings is 1. The SMILES string of the molecule is CCOc1cc2c(cc1CN1CC[C@H](O)[C@@](CC3CC3)(C(=O)O)C1)CCC2. The fourth-order valence-corrected chi connectivity index (χ4v) is 4.94. The van der Waals surface area contributed by atoms with Gasteiger partial charge >= 0.3 is 5.97 Å². The van der Waals surface area contributed by atoms with Crippen LogP contribution in [0.15, 0.2) is 12.1 Å².